The van der Waals surface area contributed by atoms with Gasteiger partial charge in [0.25, 0.3) is 10.0 Å². The largest absolute Gasteiger partial charge is 0.497 e. The maximum atomic E-state index is 12.8. The summed E-state index contributed by atoms with van der Waals surface area (Å²) in [5.74, 6) is 0.529. The van der Waals surface area contributed by atoms with Gasteiger partial charge in [0.05, 0.1) is 13.7 Å². The first-order valence-corrected chi connectivity index (χ1v) is 11.9. The Morgan fingerprint density at radius 2 is 1.79 bits per heavy atom. The molecule has 29 heavy (non-hydrogen) atoms. The molecule has 0 unspecified atom stereocenters. The van der Waals surface area contributed by atoms with E-state index in [1.54, 1.807) is 29.6 Å². The van der Waals surface area contributed by atoms with Crippen molar-refractivity contribution in [3.8, 4) is 5.75 Å². The molecule has 0 saturated carbocycles. The van der Waals surface area contributed by atoms with Gasteiger partial charge < -0.3 is 10.1 Å². The van der Waals surface area contributed by atoms with Gasteiger partial charge in [-0.1, -0.05) is 25.0 Å². The lowest BCUT2D eigenvalue weighted by Crippen LogP contribution is -2.31. The van der Waals surface area contributed by atoms with Gasteiger partial charge in [0.2, 0.25) is 5.91 Å². The maximum Gasteiger partial charge on any atom is 0.252 e. The van der Waals surface area contributed by atoms with Gasteiger partial charge in [-0.05, 0) is 48.7 Å². The van der Waals surface area contributed by atoms with Gasteiger partial charge in [0.1, 0.15) is 9.96 Å². The molecule has 1 N–H and O–H groups in total. The molecule has 1 aromatic heterocycles. The molecule has 1 saturated heterocycles. The number of nitrogens with one attached hydrogen (secondary N) is 1. The van der Waals surface area contributed by atoms with Crippen molar-refractivity contribution in [1.82, 2.24) is 9.62 Å². The number of sulfonamides is 1. The van der Waals surface area contributed by atoms with E-state index < -0.39 is 10.0 Å². The van der Waals surface area contributed by atoms with Crippen LogP contribution in [0, 0.1) is 0 Å². The van der Waals surface area contributed by atoms with Crippen molar-refractivity contribution in [2.75, 3.05) is 20.2 Å². The lowest BCUT2D eigenvalue weighted by atomic mass is 10.2. The molecule has 0 atom stereocenters. The van der Waals surface area contributed by atoms with Gasteiger partial charge in [-0.3, -0.25) is 4.79 Å². The summed E-state index contributed by atoms with van der Waals surface area (Å²) in [5, 5.41) is 2.80. The molecular formula is C21H26N2O4S2. The number of rotatable bonds is 7. The number of hydrogen-bond acceptors (Lipinski definition) is 5. The molecule has 1 aromatic carbocycles. The normalized spacial score (nSPS) is 15.9. The molecule has 1 aliphatic rings. The van der Waals surface area contributed by atoms with Crippen LogP contribution in [0.2, 0.25) is 0 Å². The van der Waals surface area contributed by atoms with Crippen LogP contribution in [0.25, 0.3) is 6.08 Å². The molecule has 1 fully saturated rings. The molecule has 8 heteroatoms. The highest BCUT2D eigenvalue weighted by atomic mass is 32.2. The number of carbonyl (C=O) groups is 1. The van der Waals surface area contributed by atoms with Crippen molar-refractivity contribution < 1.29 is 17.9 Å². The molecule has 0 radical (unpaired) electrons. The van der Waals surface area contributed by atoms with Crippen LogP contribution >= 0.6 is 11.3 Å². The third kappa shape index (κ3) is 5.91. The smallest absolute Gasteiger partial charge is 0.252 e. The van der Waals surface area contributed by atoms with E-state index in [-0.39, 0.29) is 5.91 Å². The van der Waals surface area contributed by atoms with E-state index in [0.29, 0.717) is 23.8 Å². The zero-order valence-electron chi connectivity index (χ0n) is 16.5. The van der Waals surface area contributed by atoms with Gasteiger partial charge in [-0.25, -0.2) is 8.42 Å². The first kappa shape index (κ1) is 21.5. The third-order valence-electron chi connectivity index (χ3n) is 4.78. The minimum Gasteiger partial charge on any atom is -0.497 e. The number of nitrogens with zero attached hydrogens (tertiary/aromatic N) is 1. The summed E-state index contributed by atoms with van der Waals surface area (Å²) in [6.07, 6.45) is 7.17. The Balaban J connectivity index is 1.55. The summed E-state index contributed by atoms with van der Waals surface area (Å²) in [7, 11) is -1.84. The lowest BCUT2D eigenvalue weighted by molar-refractivity contribution is -0.116. The Bertz CT molecular complexity index is 941. The van der Waals surface area contributed by atoms with Gasteiger partial charge in [0.15, 0.2) is 0 Å². The third-order valence-corrected chi connectivity index (χ3v) is 8.23. The van der Waals surface area contributed by atoms with Gasteiger partial charge in [-0.15, -0.1) is 11.3 Å². The fourth-order valence-electron chi connectivity index (χ4n) is 3.12. The van der Waals surface area contributed by atoms with Crippen molar-refractivity contribution in [3.63, 3.8) is 0 Å². The van der Waals surface area contributed by atoms with Gasteiger partial charge >= 0.3 is 0 Å². The number of thiophene rings is 1. The molecule has 1 amide bonds. The summed E-state index contributed by atoms with van der Waals surface area (Å²) >= 11 is 1.22. The number of ether oxygens (including phenoxy) is 1. The average Bonchev–Trinajstić information content (AvgIpc) is 3.05. The monoisotopic (exact) mass is 434 g/mol. The SMILES string of the molecule is COc1ccc(C=CC(=O)NCc2ccc(S(=O)(=O)N3CCCCCC3)s2)cc1. The van der Waals surface area contributed by atoms with Crippen LogP contribution in [0.15, 0.2) is 46.7 Å². The summed E-state index contributed by atoms with van der Waals surface area (Å²) in [4.78, 5) is 12.9. The Labute approximate surface area is 176 Å². The van der Waals surface area contributed by atoms with E-state index in [0.717, 1.165) is 41.9 Å². The minimum absolute atomic E-state index is 0.230. The van der Waals surface area contributed by atoms with Crippen LogP contribution in [-0.2, 0) is 21.4 Å². The van der Waals surface area contributed by atoms with Crippen LogP contribution in [0.1, 0.15) is 36.1 Å². The predicted octanol–water partition coefficient (Wildman–Crippen LogP) is 3.65. The number of carbonyl (C=O) groups excluding carboxylic acids is 1. The second-order valence-electron chi connectivity index (χ2n) is 6.86. The van der Waals surface area contributed by atoms with Gasteiger partial charge in [-0.2, -0.15) is 4.31 Å². The summed E-state index contributed by atoms with van der Waals surface area (Å²) < 4.78 is 32.7. The topological polar surface area (TPSA) is 75.7 Å². The highest BCUT2D eigenvalue weighted by Crippen LogP contribution is 2.26. The van der Waals surface area contributed by atoms with Crippen molar-refractivity contribution in [3.05, 3.63) is 52.9 Å². The maximum absolute atomic E-state index is 12.8. The Morgan fingerprint density at radius 3 is 2.45 bits per heavy atom. The number of hydrogen-bond donors (Lipinski definition) is 1. The number of amides is 1. The van der Waals surface area contributed by atoms with Crippen molar-refractivity contribution in [1.29, 1.82) is 0 Å². The molecule has 156 valence electrons. The van der Waals surface area contributed by atoms with Crippen LogP contribution in [-0.4, -0.2) is 38.8 Å². The number of benzene rings is 1. The Morgan fingerprint density at radius 1 is 1.10 bits per heavy atom. The van der Waals surface area contributed by atoms with Crippen molar-refractivity contribution in [2.24, 2.45) is 0 Å². The van der Waals surface area contributed by atoms with E-state index in [1.807, 2.05) is 24.3 Å². The molecular weight excluding hydrogens is 408 g/mol. The van der Waals surface area contributed by atoms with Crippen LogP contribution in [0.4, 0.5) is 0 Å². The minimum atomic E-state index is -3.44. The van der Waals surface area contributed by atoms with Crippen LogP contribution in [0.5, 0.6) is 5.75 Å². The molecule has 0 spiro atoms. The Hall–Kier alpha value is -2.16. The van der Waals surface area contributed by atoms with E-state index in [9.17, 15) is 13.2 Å². The molecule has 2 aromatic rings. The van der Waals surface area contributed by atoms with E-state index in [1.165, 1.54) is 17.4 Å². The Kier molecular flexibility index (Phi) is 7.46. The standard InChI is InChI=1S/C21H26N2O4S2/c1-27-18-9-6-17(7-10-18)8-12-20(24)22-16-19-11-13-21(28-19)29(25,26)23-14-4-2-3-5-15-23/h6-13H,2-5,14-16H2,1H3,(H,22,24). The summed E-state index contributed by atoms with van der Waals surface area (Å²) in [6, 6.07) is 10.8. The van der Waals surface area contributed by atoms with Crippen molar-refractivity contribution >= 4 is 33.3 Å². The van der Waals surface area contributed by atoms with E-state index >= 15 is 0 Å². The zero-order valence-corrected chi connectivity index (χ0v) is 18.1. The van der Waals surface area contributed by atoms with Crippen LogP contribution in [0.3, 0.4) is 0 Å². The molecule has 0 bridgehead atoms. The van der Waals surface area contributed by atoms with E-state index in [4.69, 9.17) is 4.74 Å². The quantitative estimate of drug-likeness (QED) is 0.675. The number of methoxy groups -OCH3 is 1. The highest BCUT2D eigenvalue weighted by Gasteiger charge is 2.26. The summed E-state index contributed by atoms with van der Waals surface area (Å²) in [6.45, 7) is 1.47. The van der Waals surface area contributed by atoms with Crippen molar-refractivity contribution in [2.45, 2.75) is 36.4 Å². The predicted molar refractivity (Wildman–Crippen MR) is 115 cm³/mol. The second-order valence-corrected chi connectivity index (χ2v) is 10.2. The lowest BCUT2D eigenvalue weighted by Gasteiger charge is -2.18. The molecule has 2 heterocycles. The molecule has 3 rings (SSSR count). The highest BCUT2D eigenvalue weighted by molar-refractivity contribution is 7.91. The fraction of sp³-hybridized carbons (Fsp3) is 0.381. The van der Waals surface area contributed by atoms with Gasteiger partial charge in [0, 0.05) is 24.0 Å². The first-order valence-electron chi connectivity index (χ1n) is 9.68. The summed E-state index contributed by atoms with van der Waals surface area (Å²) in [5.41, 5.74) is 0.892. The molecule has 0 aliphatic carbocycles. The van der Waals surface area contributed by atoms with Crippen LogP contribution < -0.4 is 10.1 Å². The average molecular weight is 435 g/mol. The second kappa shape index (κ2) is 10.0. The molecule has 6 nitrogen and oxygen atoms in total. The fourth-order valence-corrected chi connectivity index (χ4v) is 6.09. The van der Waals surface area contributed by atoms with E-state index in [2.05, 4.69) is 5.32 Å². The zero-order chi connectivity index (χ0) is 20.7. The molecule has 1 aliphatic heterocycles. The first-order chi connectivity index (χ1) is 14.0.